The number of benzene rings is 1. The van der Waals surface area contributed by atoms with E-state index in [-0.39, 0.29) is 17.5 Å². The van der Waals surface area contributed by atoms with Crippen molar-refractivity contribution in [2.45, 2.75) is 0 Å². The Morgan fingerprint density at radius 1 is 1.30 bits per heavy atom. The number of nitrogens with one attached hydrogen (secondary N) is 2. The molecule has 2 aromatic rings. The van der Waals surface area contributed by atoms with Gasteiger partial charge < -0.3 is 10.6 Å². The van der Waals surface area contributed by atoms with Crippen LogP contribution in [0.4, 0.5) is 23.1 Å². The molecule has 0 bridgehead atoms. The van der Waals surface area contributed by atoms with Crippen LogP contribution in [0.1, 0.15) is 0 Å². The minimum atomic E-state index is -0.570. The van der Waals surface area contributed by atoms with Crippen LogP contribution in [0, 0.1) is 10.1 Å². The van der Waals surface area contributed by atoms with Crippen LogP contribution in [0.2, 0.25) is 10.0 Å². The van der Waals surface area contributed by atoms with Crippen LogP contribution in [-0.2, 0) is 0 Å². The van der Waals surface area contributed by atoms with Gasteiger partial charge in [-0.2, -0.15) is 4.98 Å². The first-order valence-corrected chi connectivity index (χ1v) is 6.18. The molecule has 0 saturated heterocycles. The van der Waals surface area contributed by atoms with E-state index in [4.69, 9.17) is 23.2 Å². The second-order valence-electron chi connectivity index (χ2n) is 3.69. The lowest BCUT2D eigenvalue weighted by Crippen LogP contribution is -2.04. The number of hydrogen-bond acceptors (Lipinski definition) is 6. The van der Waals surface area contributed by atoms with Gasteiger partial charge in [0.2, 0.25) is 11.8 Å². The fourth-order valence-corrected chi connectivity index (χ4v) is 1.73. The Hall–Kier alpha value is -2.12. The summed E-state index contributed by atoms with van der Waals surface area (Å²) in [4.78, 5) is 18.2. The van der Waals surface area contributed by atoms with Crippen molar-refractivity contribution in [1.29, 1.82) is 0 Å². The quantitative estimate of drug-likeness (QED) is 0.663. The normalized spacial score (nSPS) is 10.2. The van der Waals surface area contributed by atoms with Gasteiger partial charge in [0.25, 0.3) is 0 Å². The van der Waals surface area contributed by atoms with E-state index in [0.29, 0.717) is 15.7 Å². The number of aromatic nitrogens is 2. The first-order valence-electron chi connectivity index (χ1n) is 5.42. The first-order chi connectivity index (χ1) is 9.51. The summed E-state index contributed by atoms with van der Waals surface area (Å²) in [5, 5.41) is 17.2. The molecule has 0 aliphatic carbocycles. The van der Waals surface area contributed by atoms with Gasteiger partial charge in [-0.25, -0.2) is 4.98 Å². The Balaban J connectivity index is 2.40. The van der Waals surface area contributed by atoms with Crippen LogP contribution in [0.5, 0.6) is 0 Å². The lowest BCUT2D eigenvalue weighted by molar-refractivity contribution is -0.384. The average molecular weight is 314 g/mol. The number of nitro groups is 1. The van der Waals surface area contributed by atoms with Gasteiger partial charge in [-0.05, 0) is 18.2 Å². The minimum absolute atomic E-state index is 0.0627. The highest BCUT2D eigenvalue weighted by Gasteiger charge is 2.17. The topological polar surface area (TPSA) is 93.0 Å². The molecule has 1 aromatic carbocycles. The molecule has 2 rings (SSSR count). The fourth-order valence-electron chi connectivity index (χ4n) is 1.43. The summed E-state index contributed by atoms with van der Waals surface area (Å²) in [6, 6.07) is 4.77. The maximum atomic E-state index is 11.0. The summed E-state index contributed by atoms with van der Waals surface area (Å²) in [6.07, 6.45) is 1.12. The van der Waals surface area contributed by atoms with E-state index in [1.54, 1.807) is 25.2 Å². The Morgan fingerprint density at radius 3 is 2.65 bits per heavy atom. The number of anilines is 3. The molecule has 1 aromatic heterocycles. The second-order valence-corrected chi connectivity index (χ2v) is 4.50. The molecule has 20 heavy (non-hydrogen) atoms. The molecule has 2 N–H and O–H groups in total. The molecular formula is C11H9Cl2N5O2. The summed E-state index contributed by atoms with van der Waals surface area (Å²) in [6.45, 7) is 0. The van der Waals surface area contributed by atoms with Crippen LogP contribution in [0.15, 0.2) is 24.4 Å². The van der Waals surface area contributed by atoms with Gasteiger partial charge in [-0.3, -0.25) is 10.1 Å². The van der Waals surface area contributed by atoms with Crippen LogP contribution in [0.25, 0.3) is 0 Å². The van der Waals surface area contributed by atoms with Gasteiger partial charge in [0.1, 0.15) is 6.20 Å². The molecule has 0 aliphatic rings. The lowest BCUT2D eigenvalue weighted by atomic mass is 10.3. The Bertz CT molecular complexity index is 665. The minimum Gasteiger partial charge on any atom is -0.357 e. The van der Waals surface area contributed by atoms with Crippen molar-refractivity contribution in [2.24, 2.45) is 0 Å². The molecule has 0 aliphatic heterocycles. The molecule has 0 amide bonds. The van der Waals surface area contributed by atoms with Crippen LogP contribution in [0.3, 0.4) is 0 Å². The molecule has 0 atom stereocenters. The van der Waals surface area contributed by atoms with Gasteiger partial charge in [-0.1, -0.05) is 23.2 Å². The highest BCUT2D eigenvalue weighted by Crippen LogP contribution is 2.29. The zero-order valence-electron chi connectivity index (χ0n) is 10.2. The summed E-state index contributed by atoms with van der Waals surface area (Å²) in [7, 11) is 1.62. The Labute approximate surface area is 124 Å². The van der Waals surface area contributed by atoms with Crippen molar-refractivity contribution in [3.63, 3.8) is 0 Å². The summed E-state index contributed by atoms with van der Waals surface area (Å²) in [5.41, 5.74) is 0.290. The third-order valence-corrected chi connectivity index (χ3v) is 3.11. The number of halogens is 2. The van der Waals surface area contributed by atoms with Crippen LogP contribution >= 0.6 is 23.2 Å². The molecular weight excluding hydrogens is 305 g/mol. The number of nitrogens with zero attached hydrogens (tertiary/aromatic N) is 3. The second kappa shape index (κ2) is 5.89. The summed E-state index contributed by atoms with van der Waals surface area (Å²) < 4.78 is 0. The molecule has 0 spiro atoms. The molecule has 1 heterocycles. The molecule has 0 saturated carbocycles. The highest BCUT2D eigenvalue weighted by molar-refractivity contribution is 6.42. The van der Waals surface area contributed by atoms with Gasteiger partial charge >= 0.3 is 5.69 Å². The van der Waals surface area contributed by atoms with Gasteiger partial charge in [0.15, 0.2) is 0 Å². The highest BCUT2D eigenvalue weighted by atomic mass is 35.5. The molecule has 104 valence electrons. The maximum absolute atomic E-state index is 11.0. The van der Waals surface area contributed by atoms with E-state index in [2.05, 4.69) is 20.6 Å². The maximum Gasteiger partial charge on any atom is 0.329 e. The standard InChI is InChI=1S/C11H9Cl2N5O2/c1-14-11-15-5-9(18(19)20)10(17-11)16-6-2-3-7(12)8(13)4-6/h2-5H,1H3,(H2,14,15,16,17). The van der Waals surface area contributed by atoms with E-state index >= 15 is 0 Å². The molecule has 0 unspecified atom stereocenters. The monoisotopic (exact) mass is 313 g/mol. The van der Waals surface area contributed by atoms with Crippen molar-refractivity contribution in [1.82, 2.24) is 9.97 Å². The smallest absolute Gasteiger partial charge is 0.329 e. The molecule has 0 radical (unpaired) electrons. The van der Waals surface area contributed by atoms with Gasteiger partial charge in [0, 0.05) is 12.7 Å². The van der Waals surface area contributed by atoms with E-state index in [1.807, 2.05) is 0 Å². The zero-order valence-corrected chi connectivity index (χ0v) is 11.7. The van der Waals surface area contributed by atoms with Crippen LogP contribution < -0.4 is 10.6 Å². The van der Waals surface area contributed by atoms with Gasteiger partial charge in [-0.15, -0.1) is 0 Å². The van der Waals surface area contributed by atoms with Crippen molar-refractivity contribution in [2.75, 3.05) is 17.7 Å². The largest absolute Gasteiger partial charge is 0.357 e. The SMILES string of the molecule is CNc1ncc([N+](=O)[O-])c(Nc2ccc(Cl)c(Cl)c2)n1. The average Bonchev–Trinajstić information content (AvgIpc) is 2.42. The van der Waals surface area contributed by atoms with E-state index < -0.39 is 4.92 Å². The number of hydrogen-bond donors (Lipinski definition) is 2. The van der Waals surface area contributed by atoms with Crippen molar-refractivity contribution >= 4 is 46.3 Å². The zero-order chi connectivity index (χ0) is 14.7. The lowest BCUT2D eigenvalue weighted by Gasteiger charge is -2.08. The van der Waals surface area contributed by atoms with Gasteiger partial charge in [0.05, 0.1) is 15.0 Å². The molecule has 9 heteroatoms. The van der Waals surface area contributed by atoms with Crippen LogP contribution in [-0.4, -0.2) is 21.9 Å². The van der Waals surface area contributed by atoms with Crippen molar-refractivity contribution < 1.29 is 4.92 Å². The third kappa shape index (κ3) is 3.06. The first kappa shape index (κ1) is 14.3. The number of rotatable bonds is 4. The van der Waals surface area contributed by atoms with E-state index in [9.17, 15) is 10.1 Å². The fraction of sp³-hybridized carbons (Fsp3) is 0.0909. The van der Waals surface area contributed by atoms with Crippen molar-refractivity contribution in [3.8, 4) is 0 Å². The van der Waals surface area contributed by atoms with Crippen molar-refractivity contribution in [3.05, 3.63) is 44.6 Å². The van der Waals surface area contributed by atoms with E-state index in [0.717, 1.165) is 6.20 Å². The predicted molar refractivity (Wildman–Crippen MR) is 78.0 cm³/mol. The summed E-state index contributed by atoms with van der Waals surface area (Å²) >= 11 is 11.7. The Kier molecular flexibility index (Phi) is 4.21. The molecule has 7 nitrogen and oxygen atoms in total. The van der Waals surface area contributed by atoms with E-state index in [1.165, 1.54) is 0 Å². The third-order valence-electron chi connectivity index (χ3n) is 2.37. The Morgan fingerprint density at radius 2 is 2.05 bits per heavy atom. The molecule has 0 fully saturated rings. The predicted octanol–water partition coefficient (Wildman–Crippen LogP) is 3.48. The summed E-state index contributed by atoms with van der Waals surface area (Å²) in [5.74, 6) is 0.325.